The van der Waals surface area contributed by atoms with Gasteiger partial charge in [-0.3, -0.25) is 19.6 Å². The SMILES string of the molecule is CN1CC[C@@H]1/C=C/C(=O)N1CCN(c2nc(OC[C@@]34CCCN3C[C@H](F)C4)nc3c(F)c(-c4cccc5cccc(Cl)c45)ncc23)CC12COC2. The molecule has 1 spiro atoms. The number of alkyl halides is 1. The average Bonchev–Trinajstić information content (AvgIpc) is 3.64. The smallest absolute Gasteiger partial charge is 0.319 e. The Kier molecular flexibility index (Phi) is 8.14. The van der Waals surface area contributed by atoms with E-state index in [9.17, 15) is 9.18 Å². The largest absolute Gasteiger partial charge is 0.461 e. The Morgan fingerprint density at radius 2 is 1.98 bits per heavy atom. The van der Waals surface area contributed by atoms with Gasteiger partial charge in [0.25, 0.3) is 0 Å². The molecule has 0 saturated carbocycles. The second kappa shape index (κ2) is 12.6. The van der Waals surface area contributed by atoms with Gasteiger partial charge in [0.05, 0.1) is 24.1 Å². The van der Waals surface area contributed by atoms with Gasteiger partial charge in [-0.15, -0.1) is 0 Å². The average molecular weight is 716 g/mol. The van der Waals surface area contributed by atoms with Crippen molar-refractivity contribution in [2.24, 2.45) is 0 Å². The number of hydrogen-bond acceptors (Lipinski definition) is 9. The number of likely N-dealkylation sites (N-methyl/N-ethyl adjacent to an activating group) is 1. The van der Waals surface area contributed by atoms with Crippen LogP contribution in [0.2, 0.25) is 5.02 Å². The minimum absolute atomic E-state index is 0.0259. The standard InChI is InChI=1S/C38H40ClF2N7O3/c1-45-14-11-26(45)9-10-30(49)48-16-15-46(20-38(48)21-50-22-38)35-28-18-42-33(27-7-2-5-24-6-3-8-29(39)31(24)27)32(41)34(28)43-36(44-35)51-23-37-12-4-13-47(37)19-25(40)17-37/h2-3,5-10,18,25-26H,4,11-17,19-23H2,1H3/b10-9+/t25-,26+,37+/m1/s1. The third-order valence-electron chi connectivity index (χ3n) is 11.7. The second-order valence-corrected chi connectivity index (χ2v) is 15.3. The molecule has 51 heavy (non-hydrogen) atoms. The zero-order chi connectivity index (χ0) is 34.9. The van der Waals surface area contributed by atoms with E-state index in [1.807, 2.05) is 35.2 Å². The molecule has 0 N–H and O–H groups in total. The van der Waals surface area contributed by atoms with Crippen LogP contribution in [0.15, 0.2) is 54.7 Å². The summed E-state index contributed by atoms with van der Waals surface area (Å²) in [6, 6.07) is 11.5. The van der Waals surface area contributed by atoms with Crippen molar-refractivity contribution in [1.29, 1.82) is 0 Å². The lowest BCUT2D eigenvalue weighted by atomic mass is 9.91. The molecular weight excluding hydrogens is 676 g/mol. The molecule has 10 nitrogen and oxygen atoms in total. The number of pyridine rings is 1. The second-order valence-electron chi connectivity index (χ2n) is 14.8. The lowest BCUT2D eigenvalue weighted by molar-refractivity contribution is -0.164. The van der Waals surface area contributed by atoms with Crippen LogP contribution in [0.3, 0.4) is 0 Å². The Morgan fingerprint density at radius 3 is 2.75 bits per heavy atom. The Labute approximate surface area is 300 Å². The molecule has 0 unspecified atom stereocenters. The van der Waals surface area contributed by atoms with Crippen molar-refractivity contribution in [3.05, 3.63) is 65.6 Å². The highest BCUT2D eigenvalue weighted by Crippen LogP contribution is 2.42. The Morgan fingerprint density at radius 1 is 1.14 bits per heavy atom. The lowest BCUT2D eigenvalue weighted by Gasteiger charge is -2.55. The molecule has 0 aliphatic carbocycles. The minimum Gasteiger partial charge on any atom is -0.461 e. The van der Waals surface area contributed by atoms with Gasteiger partial charge in [0.1, 0.15) is 35.3 Å². The van der Waals surface area contributed by atoms with Crippen molar-refractivity contribution >= 4 is 45.0 Å². The van der Waals surface area contributed by atoms with E-state index in [-0.39, 0.29) is 35.8 Å². The normalized spacial score (nSPS) is 26.3. The quantitative estimate of drug-likeness (QED) is 0.238. The summed E-state index contributed by atoms with van der Waals surface area (Å²) in [7, 11) is 2.06. The number of halogens is 3. The first kappa shape index (κ1) is 32.9. The summed E-state index contributed by atoms with van der Waals surface area (Å²) >= 11 is 6.65. The molecule has 1 amide bonds. The molecule has 7 heterocycles. The van der Waals surface area contributed by atoms with Gasteiger partial charge in [0.2, 0.25) is 5.91 Å². The predicted octanol–water partition coefficient (Wildman–Crippen LogP) is 5.27. The Hall–Kier alpha value is -3.97. The molecule has 0 bridgehead atoms. The van der Waals surface area contributed by atoms with Crippen LogP contribution in [0.5, 0.6) is 6.01 Å². The Bertz CT molecular complexity index is 2060. The molecular formula is C38H40ClF2N7O3. The molecule has 266 valence electrons. The molecule has 2 aromatic heterocycles. The maximum absolute atomic E-state index is 16.9. The van der Waals surface area contributed by atoms with Gasteiger partial charge in [-0.2, -0.15) is 9.97 Å². The molecule has 4 aromatic rings. The molecule has 5 saturated heterocycles. The number of hydrogen-bond donors (Lipinski definition) is 0. The van der Waals surface area contributed by atoms with Crippen molar-refractivity contribution < 1.29 is 23.0 Å². The number of amides is 1. The molecule has 3 atom stereocenters. The first-order chi connectivity index (χ1) is 24.7. The highest BCUT2D eigenvalue weighted by Gasteiger charge is 2.51. The van der Waals surface area contributed by atoms with E-state index in [1.54, 1.807) is 24.4 Å². The van der Waals surface area contributed by atoms with Crippen molar-refractivity contribution in [1.82, 2.24) is 29.7 Å². The van der Waals surface area contributed by atoms with Crippen molar-refractivity contribution in [2.45, 2.75) is 49.0 Å². The van der Waals surface area contributed by atoms with Crippen molar-refractivity contribution in [3.63, 3.8) is 0 Å². The molecule has 5 aliphatic heterocycles. The van der Waals surface area contributed by atoms with Crippen LogP contribution in [0.4, 0.5) is 14.6 Å². The van der Waals surface area contributed by atoms with Crippen LogP contribution in [0.25, 0.3) is 32.9 Å². The van der Waals surface area contributed by atoms with E-state index in [1.165, 1.54) is 0 Å². The fourth-order valence-corrected chi connectivity index (χ4v) is 9.09. The van der Waals surface area contributed by atoms with Crippen LogP contribution in [0.1, 0.15) is 25.7 Å². The van der Waals surface area contributed by atoms with Crippen LogP contribution in [0, 0.1) is 5.82 Å². The van der Waals surface area contributed by atoms with E-state index in [0.717, 1.165) is 37.7 Å². The topological polar surface area (TPSA) is 87.2 Å². The summed E-state index contributed by atoms with van der Waals surface area (Å²) in [5.74, 6) is -0.172. The minimum atomic E-state index is -0.912. The van der Waals surface area contributed by atoms with Gasteiger partial charge in [-0.05, 0) is 44.3 Å². The van der Waals surface area contributed by atoms with Gasteiger partial charge < -0.3 is 19.3 Å². The molecule has 5 aliphatic rings. The van der Waals surface area contributed by atoms with E-state index in [4.69, 9.17) is 26.1 Å². The summed E-state index contributed by atoms with van der Waals surface area (Å²) in [4.78, 5) is 36.1. The number of aromatic nitrogens is 3. The molecule has 0 radical (unpaired) electrons. The summed E-state index contributed by atoms with van der Waals surface area (Å²) in [5.41, 5.74) is -0.236. The number of nitrogens with zero attached hydrogens (tertiary/aromatic N) is 7. The van der Waals surface area contributed by atoms with Gasteiger partial charge in [-0.1, -0.05) is 48.0 Å². The van der Waals surface area contributed by atoms with E-state index in [2.05, 4.69) is 31.7 Å². The number of likely N-dealkylation sites (tertiary alicyclic amines) is 1. The van der Waals surface area contributed by atoms with Crippen LogP contribution >= 0.6 is 11.6 Å². The zero-order valence-electron chi connectivity index (χ0n) is 28.5. The number of rotatable bonds is 7. The molecule has 13 heteroatoms. The number of carbonyl (C=O) groups excluding carboxylic acids is 1. The third-order valence-corrected chi connectivity index (χ3v) is 12.1. The maximum Gasteiger partial charge on any atom is 0.319 e. The molecule has 5 fully saturated rings. The van der Waals surface area contributed by atoms with Gasteiger partial charge >= 0.3 is 6.01 Å². The van der Waals surface area contributed by atoms with Crippen LogP contribution < -0.4 is 9.64 Å². The number of ether oxygens (including phenoxy) is 2. The predicted molar refractivity (Wildman–Crippen MR) is 191 cm³/mol. The molecule has 9 rings (SSSR count). The van der Waals surface area contributed by atoms with E-state index in [0.29, 0.717) is 73.0 Å². The van der Waals surface area contributed by atoms with Crippen molar-refractivity contribution in [2.75, 3.05) is 71.0 Å². The number of anilines is 1. The zero-order valence-corrected chi connectivity index (χ0v) is 29.3. The first-order valence-electron chi connectivity index (χ1n) is 17.8. The fourth-order valence-electron chi connectivity index (χ4n) is 8.81. The highest BCUT2D eigenvalue weighted by molar-refractivity contribution is 6.36. The first-order valence-corrected chi connectivity index (χ1v) is 18.2. The van der Waals surface area contributed by atoms with Crippen LogP contribution in [-0.4, -0.2) is 125 Å². The van der Waals surface area contributed by atoms with E-state index >= 15 is 4.39 Å². The lowest BCUT2D eigenvalue weighted by Crippen LogP contribution is -2.72. The summed E-state index contributed by atoms with van der Waals surface area (Å²) in [6.45, 7) is 4.56. The van der Waals surface area contributed by atoms with Gasteiger partial charge in [-0.25, -0.2) is 8.78 Å². The number of fused-ring (bicyclic) bond motifs is 3. The number of piperazine rings is 1. The number of carbonyl (C=O) groups is 1. The van der Waals surface area contributed by atoms with Gasteiger partial charge in [0.15, 0.2) is 5.82 Å². The monoisotopic (exact) mass is 715 g/mol. The third kappa shape index (κ3) is 5.53. The van der Waals surface area contributed by atoms with Gasteiger partial charge in [0, 0.05) is 73.4 Å². The van der Waals surface area contributed by atoms with Crippen molar-refractivity contribution in [3.8, 4) is 17.3 Å². The maximum atomic E-state index is 16.9. The fraction of sp³-hybridized carbons (Fsp3) is 0.474. The Balaban J connectivity index is 1.10. The van der Waals surface area contributed by atoms with E-state index < -0.39 is 23.1 Å². The summed E-state index contributed by atoms with van der Waals surface area (Å²) < 4.78 is 43.6. The highest BCUT2D eigenvalue weighted by atomic mass is 35.5. The number of benzene rings is 2. The summed E-state index contributed by atoms with van der Waals surface area (Å²) in [6.07, 6.45) is 7.61. The summed E-state index contributed by atoms with van der Waals surface area (Å²) in [5, 5.41) is 2.50. The molecule has 2 aromatic carbocycles. The van der Waals surface area contributed by atoms with Crippen LogP contribution in [-0.2, 0) is 9.53 Å².